The first-order chi connectivity index (χ1) is 18.0. The fourth-order valence-corrected chi connectivity index (χ4v) is 2.60. The van der Waals surface area contributed by atoms with Gasteiger partial charge in [-0.15, -0.1) is 0 Å². The maximum Gasteiger partial charge on any atom is 0.305 e. The quantitative estimate of drug-likeness (QED) is 0.105. The number of ether oxygens (including phenoxy) is 9. The van der Waals surface area contributed by atoms with Crippen molar-refractivity contribution in [3.05, 3.63) is 0 Å². The lowest BCUT2D eigenvalue weighted by Gasteiger charge is -2.09. The van der Waals surface area contributed by atoms with Gasteiger partial charge >= 0.3 is 11.9 Å². The second-order valence-electron chi connectivity index (χ2n) is 8.03. The molecule has 220 valence electrons. The smallest absolute Gasteiger partial charge is 0.305 e. The molecule has 0 aromatic heterocycles. The van der Waals surface area contributed by atoms with Crippen molar-refractivity contribution in [2.24, 2.45) is 0 Å². The molecule has 0 aromatic rings. The highest BCUT2D eigenvalue weighted by atomic mass is 16.6. The topological polar surface area (TPSA) is 137 Å². The number of aliphatic carboxylic acids is 1. The standard InChI is InChI=1S/C25H48O12/c1-23(2)36-21-19-34-17-15-32-13-11-30-9-7-29-8-10-31-12-14-33-16-18-35-20-22-37-25(28)6-4-3-5-24(26)27/h23H,3-22H2,1-2H3,(H,26,27). The van der Waals surface area contributed by atoms with E-state index < -0.39 is 5.97 Å². The zero-order chi connectivity index (χ0) is 27.2. The van der Waals surface area contributed by atoms with Crippen molar-refractivity contribution >= 4 is 11.9 Å². The first kappa shape index (κ1) is 35.6. The Bertz CT molecular complexity index is 504. The van der Waals surface area contributed by atoms with Gasteiger partial charge in [0.25, 0.3) is 0 Å². The molecule has 0 saturated heterocycles. The summed E-state index contributed by atoms with van der Waals surface area (Å²) in [5.74, 6) is -1.20. The van der Waals surface area contributed by atoms with Gasteiger partial charge in [-0.25, -0.2) is 0 Å². The fourth-order valence-electron chi connectivity index (χ4n) is 2.60. The molecular weight excluding hydrogens is 492 g/mol. The maximum absolute atomic E-state index is 11.4. The molecule has 12 nitrogen and oxygen atoms in total. The monoisotopic (exact) mass is 540 g/mol. The van der Waals surface area contributed by atoms with Crippen LogP contribution in [0.4, 0.5) is 0 Å². The van der Waals surface area contributed by atoms with Crippen molar-refractivity contribution in [3.63, 3.8) is 0 Å². The van der Waals surface area contributed by atoms with Crippen LogP contribution >= 0.6 is 0 Å². The Labute approximate surface area is 221 Å². The van der Waals surface area contributed by atoms with Crippen LogP contribution in [-0.2, 0) is 52.2 Å². The summed E-state index contributed by atoms with van der Waals surface area (Å²) in [5.41, 5.74) is 0. The molecule has 0 amide bonds. The second-order valence-corrected chi connectivity index (χ2v) is 8.03. The third-order valence-corrected chi connectivity index (χ3v) is 4.42. The molecule has 0 unspecified atom stereocenters. The summed E-state index contributed by atoms with van der Waals surface area (Å²) < 4.78 is 48.1. The van der Waals surface area contributed by atoms with Gasteiger partial charge in [-0.2, -0.15) is 0 Å². The number of rotatable bonds is 30. The summed E-state index contributed by atoms with van der Waals surface area (Å²) in [5, 5.41) is 8.52. The molecular formula is C25H48O12. The highest BCUT2D eigenvalue weighted by molar-refractivity contribution is 5.69. The number of hydrogen-bond donors (Lipinski definition) is 1. The van der Waals surface area contributed by atoms with Gasteiger partial charge < -0.3 is 47.7 Å². The van der Waals surface area contributed by atoms with Crippen LogP contribution in [0.1, 0.15) is 39.5 Å². The van der Waals surface area contributed by atoms with Crippen molar-refractivity contribution in [3.8, 4) is 0 Å². The average Bonchev–Trinajstić information content (AvgIpc) is 2.86. The number of carbonyl (C=O) groups is 2. The average molecular weight is 541 g/mol. The van der Waals surface area contributed by atoms with Gasteiger partial charge in [0.1, 0.15) is 6.61 Å². The molecule has 0 aliphatic rings. The van der Waals surface area contributed by atoms with E-state index in [4.69, 9.17) is 47.7 Å². The minimum absolute atomic E-state index is 0.0648. The lowest BCUT2D eigenvalue weighted by molar-refractivity contribution is -0.146. The van der Waals surface area contributed by atoms with Gasteiger partial charge in [-0.1, -0.05) is 0 Å². The van der Waals surface area contributed by atoms with Gasteiger partial charge in [-0.05, 0) is 26.7 Å². The minimum Gasteiger partial charge on any atom is -0.481 e. The van der Waals surface area contributed by atoms with E-state index in [0.717, 1.165) is 0 Å². The van der Waals surface area contributed by atoms with Gasteiger partial charge in [0.2, 0.25) is 0 Å². The molecule has 0 saturated carbocycles. The summed E-state index contributed by atoms with van der Waals surface area (Å²) in [6.07, 6.45) is 1.48. The van der Waals surface area contributed by atoms with Crippen molar-refractivity contribution < 1.29 is 57.3 Å². The Balaban J connectivity index is 3.10. The van der Waals surface area contributed by atoms with Crippen LogP contribution < -0.4 is 0 Å². The van der Waals surface area contributed by atoms with Gasteiger partial charge in [-0.3, -0.25) is 9.59 Å². The lowest BCUT2D eigenvalue weighted by atomic mass is 10.2. The molecule has 1 N–H and O–H groups in total. The van der Waals surface area contributed by atoms with E-state index >= 15 is 0 Å². The van der Waals surface area contributed by atoms with E-state index in [2.05, 4.69) is 0 Å². The largest absolute Gasteiger partial charge is 0.481 e. The number of carboxylic acid groups (broad SMARTS) is 1. The Morgan fingerprint density at radius 2 is 0.838 bits per heavy atom. The van der Waals surface area contributed by atoms with Crippen LogP contribution in [0.25, 0.3) is 0 Å². The Hall–Kier alpha value is -1.38. The summed E-state index contributed by atoms with van der Waals surface area (Å²) in [7, 11) is 0. The number of hydrogen-bond acceptors (Lipinski definition) is 11. The molecule has 0 heterocycles. The summed E-state index contributed by atoms with van der Waals surface area (Å²) in [6, 6.07) is 0. The van der Waals surface area contributed by atoms with Crippen LogP contribution in [0.2, 0.25) is 0 Å². The van der Waals surface area contributed by atoms with Gasteiger partial charge in [0.15, 0.2) is 0 Å². The molecule has 12 heteroatoms. The van der Waals surface area contributed by atoms with Crippen LogP contribution in [0.15, 0.2) is 0 Å². The summed E-state index contributed by atoms with van der Waals surface area (Å²) in [4.78, 5) is 21.8. The molecule has 0 aromatic carbocycles. The zero-order valence-corrected chi connectivity index (χ0v) is 22.7. The third kappa shape index (κ3) is 32.6. The van der Waals surface area contributed by atoms with E-state index in [-0.39, 0.29) is 31.5 Å². The third-order valence-electron chi connectivity index (χ3n) is 4.42. The lowest BCUT2D eigenvalue weighted by Crippen LogP contribution is -2.15. The van der Waals surface area contributed by atoms with Crippen molar-refractivity contribution in [2.75, 3.05) is 106 Å². The Morgan fingerprint density at radius 1 is 0.514 bits per heavy atom. The van der Waals surface area contributed by atoms with E-state index in [1.165, 1.54) is 0 Å². The number of unbranched alkanes of at least 4 members (excludes halogenated alkanes) is 1. The highest BCUT2D eigenvalue weighted by Crippen LogP contribution is 2.01. The summed E-state index contributed by atoms with van der Waals surface area (Å²) in [6.45, 7) is 11.4. The van der Waals surface area contributed by atoms with E-state index in [0.29, 0.717) is 112 Å². The van der Waals surface area contributed by atoms with Crippen LogP contribution in [0.5, 0.6) is 0 Å². The van der Waals surface area contributed by atoms with E-state index in [1.54, 1.807) is 0 Å². The first-order valence-corrected chi connectivity index (χ1v) is 13.1. The molecule has 0 bridgehead atoms. The first-order valence-electron chi connectivity index (χ1n) is 13.1. The molecule has 0 aliphatic heterocycles. The maximum atomic E-state index is 11.4. The molecule has 0 atom stereocenters. The molecule has 0 spiro atoms. The van der Waals surface area contributed by atoms with Gasteiger partial charge in [0, 0.05) is 12.8 Å². The number of carbonyl (C=O) groups excluding carboxylic acids is 1. The number of esters is 1. The molecule has 0 radical (unpaired) electrons. The van der Waals surface area contributed by atoms with Crippen molar-refractivity contribution in [1.29, 1.82) is 0 Å². The van der Waals surface area contributed by atoms with E-state index in [1.807, 2.05) is 13.8 Å². The molecule has 37 heavy (non-hydrogen) atoms. The predicted octanol–water partition coefficient (Wildman–Crippen LogP) is 1.72. The Kier molecular flexibility index (Phi) is 28.1. The number of carboxylic acids is 1. The molecule has 0 aliphatic carbocycles. The summed E-state index contributed by atoms with van der Waals surface area (Å²) >= 11 is 0. The molecule has 0 fully saturated rings. The highest BCUT2D eigenvalue weighted by Gasteiger charge is 2.04. The van der Waals surface area contributed by atoms with E-state index in [9.17, 15) is 9.59 Å². The predicted molar refractivity (Wildman–Crippen MR) is 134 cm³/mol. The van der Waals surface area contributed by atoms with Crippen molar-refractivity contribution in [2.45, 2.75) is 45.6 Å². The normalized spacial score (nSPS) is 11.3. The molecule has 0 rings (SSSR count). The van der Waals surface area contributed by atoms with Crippen LogP contribution in [0.3, 0.4) is 0 Å². The van der Waals surface area contributed by atoms with Crippen molar-refractivity contribution in [1.82, 2.24) is 0 Å². The van der Waals surface area contributed by atoms with Crippen LogP contribution in [0, 0.1) is 0 Å². The van der Waals surface area contributed by atoms with Gasteiger partial charge in [0.05, 0.1) is 105 Å². The van der Waals surface area contributed by atoms with Crippen LogP contribution in [-0.4, -0.2) is 129 Å². The Morgan fingerprint density at radius 3 is 1.19 bits per heavy atom. The zero-order valence-electron chi connectivity index (χ0n) is 22.7. The fraction of sp³-hybridized carbons (Fsp3) is 0.920. The second kappa shape index (κ2) is 29.2. The SMILES string of the molecule is CC(C)OCCOCCOCCOCCOCCOCCOCCOCCOC(=O)CCCCC(=O)O. The minimum atomic E-state index is -0.860.